The van der Waals surface area contributed by atoms with Gasteiger partial charge in [0.2, 0.25) is 0 Å². The number of benzene rings is 1. The molecule has 1 atom stereocenters. The van der Waals surface area contributed by atoms with Gasteiger partial charge in [-0.25, -0.2) is 0 Å². The summed E-state index contributed by atoms with van der Waals surface area (Å²) in [4.78, 5) is 0. The fraction of sp³-hybridized carbons (Fsp3) is 0.385. The van der Waals surface area contributed by atoms with Crippen LogP contribution in [0.25, 0.3) is 10.9 Å². The van der Waals surface area contributed by atoms with Crippen LogP contribution in [-0.2, 0) is 13.5 Å². The maximum Gasteiger partial charge on any atom is 0.0480 e. The number of aryl methyl sites for hydroxylation is 2. The highest BCUT2D eigenvalue weighted by Gasteiger charge is 2.04. The Morgan fingerprint density at radius 2 is 2.13 bits per heavy atom. The van der Waals surface area contributed by atoms with Gasteiger partial charge in [-0.2, -0.15) is 0 Å². The number of nitrogens with two attached hydrogens (primary N) is 1. The summed E-state index contributed by atoms with van der Waals surface area (Å²) in [5.74, 6) is 0. The molecular formula is C13H18N2. The Bertz CT molecular complexity index is 455. The van der Waals surface area contributed by atoms with Gasteiger partial charge in [0.05, 0.1) is 0 Å². The zero-order valence-electron chi connectivity index (χ0n) is 9.40. The Morgan fingerprint density at radius 1 is 1.33 bits per heavy atom. The van der Waals surface area contributed by atoms with Gasteiger partial charge in [0.1, 0.15) is 0 Å². The van der Waals surface area contributed by atoms with E-state index in [9.17, 15) is 0 Å². The van der Waals surface area contributed by atoms with Gasteiger partial charge in [-0.1, -0.05) is 12.1 Å². The van der Waals surface area contributed by atoms with Gasteiger partial charge in [0, 0.05) is 30.2 Å². The number of rotatable bonds is 3. The van der Waals surface area contributed by atoms with Crippen molar-refractivity contribution >= 4 is 10.9 Å². The molecule has 0 bridgehead atoms. The third-order valence-corrected chi connectivity index (χ3v) is 2.89. The maximum atomic E-state index is 5.78. The standard InChI is InChI=1S/C13H18N2/c1-10(14)6-7-11-4-3-5-13-12(11)8-9-15(13)2/h3-5,8-10H,6-7,14H2,1-2H3. The van der Waals surface area contributed by atoms with Gasteiger partial charge in [-0.05, 0) is 37.5 Å². The molecule has 2 heteroatoms. The predicted octanol–water partition coefficient (Wildman–Crippen LogP) is 2.46. The van der Waals surface area contributed by atoms with Gasteiger partial charge >= 0.3 is 0 Å². The molecule has 15 heavy (non-hydrogen) atoms. The van der Waals surface area contributed by atoms with Crippen LogP contribution in [0.4, 0.5) is 0 Å². The second-order valence-corrected chi connectivity index (χ2v) is 4.29. The molecule has 0 aliphatic heterocycles. The van der Waals surface area contributed by atoms with Crippen molar-refractivity contribution in [3.63, 3.8) is 0 Å². The van der Waals surface area contributed by atoms with Crippen LogP contribution < -0.4 is 5.73 Å². The zero-order chi connectivity index (χ0) is 10.8. The molecule has 2 N–H and O–H groups in total. The summed E-state index contributed by atoms with van der Waals surface area (Å²) in [6.45, 7) is 2.06. The van der Waals surface area contributed by atoms with E-state index < -0.39 is 0 Å². The topological polar surface area (TPSA) is 30.9 Å². The van der Waals surface area contributed by atoms with Gasteiger partial charge in [-0.15, -0.1) is 0 Å². The minimum atomic E-state index is 0.281. The Balaban J connectivity index is 2.34. The lowest BCUT2D eigenvalue weighted by atomic mass is 10.0. The summed E-state index contributed by atoms with van der Waals surface area (Å²) < 4.78 is 2.16. The van der Waals surface area contributed by atoms with E-state index >= 15 is 0 Å². The summed E-state index contributed by atoms with van der Waals surface area (Å²) in [6.07, 6.45) is 4.23. The molecular weight excluding hydrogens is 184 g/mol. The third kappa shape index (κ3) is 2.05. The molecule has 2 nitrogen and oxygen atoms in total. The number of nitrogens with zero attached hydrogens (tertiary/aromatic N) is 1. The largest absolute Gasteiger partial charge is 0.351 e. The Labute approximate surface area is 90.7 Å². The smallest absolute Gasteiger partial charge is 0.0480 e. The summed E-state index contributed by atoms with van der Waals surface area (Å²) in [7, 11) is 2.08. The SMILES string of the molecule is CC(N)CCc1cccc2c1ccn2C. The highest BCUT2D eigenvalue weighted by Crippen LogP contribution is 2.20. The van der Waals surface area contributed by atoms with Crippen molar-refractivity contribution in [3.05, 3.63) is 36.0 Å². The Kier molecular flexibility index (Phi) is 2.78. The van der Waals surface area contributed by atoms with Crippen LogP contribution in [0, 0.1) is 0 Å². The Morgan fingerprint density at radius 3 is 2.87 bits per heavy atom. The normalized spacial score (nSPS) is 13.3. The molecule has 0 saturated heterocycles. The van der Waals surface area contributed by atoms with Crippen LogP contribution >= 0.6 is 0 Å². The van der Waals surface area contributed by atoms with Crippen LogP contribution in [0.15, 0.2) is 30.5 Å². The number of hydrogen-bond donors (Lipinski definition) is 1. The molecule has 0 amide bonds. The number of hydrogen-bond acceptors (Lipinski definition) is 1. The summed E-state index contributed by atoms with van der Waals surface area (Å²) in [5.41, 5.74) is 8.50. The fourth-order valence-corrected chi connectivity index (χ4v) is 1.97. The summed E-state index contributed by atoms with van der Waals surface area (Å²) in [6, 6.07) is 8.95. The average molecular weight is 202 g/mol. The summed E-state index contributed by atoms with van der Waals surface area (Å²) in [5, 5.41) is 1.36. The lowest BCUT2D eigenvalue weighted by Gasteiger charge is -2.06. The van der Waals surface area contributed by atoms with Crippen LogP contribution in [0.3, 0.4) is 0 Å². The Hall–Kier alpha value is -1.28. The first-order chi connectivity index (χ1) is 7.18. The van der Waals surface area contributed by atoms with Crippen molar-refractivity contribution in [2.24, 2.45) is 12.8 Å². The molecule has 0 saturated carbocycles. The molecule has 1 aromatic heterocycles. The lowest BCUT2D eigenvalue weighted by Crippen LogP contribution is -2.15. The van der Waals surface area contributed by atoms with E-state index in [1.165, 1.54) is 16.5 Å². The first kappa shape index (κ1) is 10.2. The fourth-order valence-electron chi connectivity index (χ4n) is 1.97. The number of aromatic nitrogens is 1. The van der Waals surface area contributed by atoms with Gasteiger partial charge in [-0.3, -0.25) is 0 Å². The van der Waals surface area contributed by atoms with E-state index in [1.807, 2.05) is 0 Å². The highest BCUT2D eigenvalue weighted by molar-refractivity contribution is 5.83. The quantitative estimate of drug-likeness (QED) is 0.814. The molecule has 0 radical (unpaired) electrons. The minimum Gasteiger partial charge on any atom is -0.351 e. The second-order valence-electron chi connectivity index (χ2n) is 4.29. The van der Waals surface area contributed by atoms with Crippen molar-refractivity contribution < 1.29 is 0 Å². The van der Waals surface area contributed by atoms with Crippen LogP contribution in [0.5, 0.6) is 0 Å². The van der Waals surface area contributed by atoms with E-state index in [2.05, 4.69) is 49.0 Å². The monoisotopic (exact) mass is 202 g/mol. The van der Waals surface area contributed by atoms with E-state index in [0.717, 1.165) is 12.8 Å². The van der Waals surface area contributed by atoms with Crippen molar-refractivity contribution in [3.8, 4) is 0 Å². The molecule has 1 aromatic carbocycles. The molecule has 0 aliphatic carbocycles. The lowest BCUT2D eigenvalue weighted by molar-refractivity contribution is 0.668. The average Bonchev–Trinajstić information content (AvgIpc) is 2.58. The maximum absolute atomic E-state index is 5.78. The predicted molar refractivity (Wildman–Crippen MR) is 64.9 cm³/mol. The van der Waals surface area contributed by atoms with Crippen LogP contribution in [0.2, 0.25) is 0 Å². The second kappa shape index (κ2) is 4.07. The van der Waals surface area contributed by atoms with E-state index in [-0.39, 0.29) is 6.04 Å². The van der Waals surface area contributed by atoms with E-state index in [0.29, 0.717) is 0 Å². The first-order valence-electron chi connectivity index (χ1n) is 5.47. The van der Waals surface area contributed by atoms with Crippen LogP contribution in [-0.4, -0.2) is 10.6 Å². The van der Waals surface area contributed by atoms with Gasteiger partial charge in [0.25, 0.3) is 0 Å². The van der Waals surface area contributed by atoms with Crippen LogP contribution in [0.1, 0.15) is 18.9 Å². The van der Waals surface area contributed by atoms with E-state index in [1.54, 1.807) is 0 Å². The van der Waals surface area contributed by atoms with Crippen molar-refractivity contribution in [2.75, 3.05) is 0 Å². The molecule has 2 aromatic rings. The number of fused-ring (bicyclic) bond motifs is 1. The zero-order valence-corrected chi connectivity index (χ0v) is 9.40. The molecule has 0 spiro atoms. The molecule has 2 rings (SSSR count). The van der Waals surface area contributed by atoms with E-state index in [4.69, 9.17) is 5.73 Å². The minimum absolute atomic E-state index is 0.281. The van der Waals surface area contributed by atoms with Gasteiger partial charge in [0.15, 0.2) is 0 Å². The molecule has 80 valence electrons. The van der Waals surface area contributed by atoms with Crippen molar-refractivity contribution in [1.82, 2.24) is 4.57 Å². The molecule has 0 aliphatic rings. The van der Waals surface area contributed by atoms with Crippen molar-refractivity contribution in [1.29, 1.82) is 0 Å². The van der Waals surface area contributed by atoms with Gasteiger partial charge < -0.3 is 10.3 Å². The van der Waals surface area contributed by atoms with Crippen molar-refractivity contribution in [2.45, 2.75) is 25.8 Å². The molecule has 0 fully saturated rings. The highest BCUT2D eigenvalue weighted by atomic mass is 14.9. The molecule has 1 heterocycles. The summed E-state index contributed by atoms with van der Waals surface area (Å²) >= 11 is 0. The third-order valence-electron chi connectivity index (χ3n) is 2.89. The first-order valence-corrected chi connectivity index (χ1v) is 5.47. The molecule has 1 unspecified atom stereocenters.